The molecule has 0 spiro atoms. The summed E-state index contributed by atoms with van der Waals surface area (Å²) in [5.74, 6) is 11.7. The summed E-state index contributed by atoms with van der Waals surface area (Å²) in [6, 6.07) is 0. The molecule has 4 rings (SSSR count). The maximum Gasteiger partial charge on any atom is 0.163 e. The summed E-state index contributed by atoms with van der Waals surface area (Å²) in [7, 11) is 3.63. The fourth-order valence-corrected chi connectivity index (χ4v) is 2.15. The van der Waals surface area contributed by atoms with Crippen molar-refractivity contribution < 1.29 is 0 Å². The van der Waals surface area contributed by atoms with Crippen LogP contribution in [0.5, 0.6) is 0 Å². The lowest BCUT2D eigenvalue weighted by molar-refractivity contribution is 0.785. The minimum atomic E-state index is 0.591. The Kier molecular flexibility index (Phi) is 4.13. The van der Waals surface area contributed by atoms with Crippen LogP contribution in [0.3, 0.4) is 0 Å². The number of hydrogen-bond donors (Lipinski definition) is 4. The van der Waals surface area contributed by atoms with E-state index in [0.29, 0.717) is 11.6 Å². The summed E-state index contributed by atoms with van der Waals surface area (Å²) in [5.41, 5.74) is 6.48. The molecule has 0 saturated carbocycles. The van der Waals surface area contributed by atoms with E-state index in [9.17, 15) is 0 Å². The van der Waals surface area contributed by atoms with Crippen LogP contribution >= 0.6 is 0 Å². The Morgan fingerprint density at radius 2 is 1.17 bits per heavy atom. The molecule has 0 aliphatic rings. The molecular weight excluding hydrogens is 312 g/mol. The van der Waals surface area contributed by atoms with Crippen LogP contribution in [0.2, 0.25) is 0 Å². The second-order valence-electron chi connectivity index (χ2n) is 4.74. The number of hydrazine groups is 2. The van der Waals surface area contributed by atoms with Gasteiger partial charge in [0.05, 0.1) is 23.2 Å². The monoisotopic (exact) mass is 328 g/mol. The summed E-state index contributed by atoms with van der Waals surface area (Å²) < 4.78 is 3.33. The van der Waals surface area contributed by atoms with Crippen LogP contribution in [0, 0.1) is 0 Å². The Morgan fingerprint density at radius 1 is 0.750 bits per heavy atom. The predicted molar refractivity (Wildman–Crippen MR) is 88.2 cm³/mol. The number of anilines is 2. The first kappa shape index (κ1) is 15.5. The number of nitrogen functional groups attached to an aromatic ring is 2. The zero-order valence-electron chi connectivity index (χ0n) is 13.0. The molecule has 124 valence electrons. The third kappa shape index (κ3) is 2.66. The molecule has 0 aromatic carbocycles. The lowest BCUT2D eigenvalue weighted by atomic mass is 10.4. The Hall–Kier alpha value is -3.38. The van der Waals surface area contributed by atoms with Gasteiger partial charge in [0.1, 0.15) is 12.7 Å². The van der Waals surface area contributed by atoms with E-state index >= 15 is 0 Å². The highest BCUT2D eigenvalue weighted by Gasteiger charge is 2.05. The number of fused-ring (bicyclic) bond motifs is 2. The maximum absolute atomic E-state index is 5.25. The first-order valence-electron chi connectivity index (χ1n) is 6.84. The summed E-state index contributed by atoms with van der Waals surface area (Å²) in [4.78, 5) is 16.0. The molecule has 0 saturated heterocycles. The van der Waals surface area contributed by atoms with Crippen molar-refractivity contribution in [3.63, 3.8) is 0 Å². The second kappa shape index (κ2) is 6.39. The molecule has 4 aromatic heterocycles. The molecule has 6 N–H and O–H groups in total. The van der Waals surface area contributed by atoms with Crippen LogP contribution in [0.15, 0.2) is 25.0 Å². The molecule has 12 nitrogen and oxygen atoms in total. The number of nitrogens with one attached hydrogen (secondary N) is 2. The van der Waals surface area contributed by atoms with Crippen molar-refractivity contribution in [2.24, 2.45) is 25.8 Å². The third-order valence-corrected chi connectivity index (χ3v) is 3.33. The number of aromatic nitrogens is 8. The quantitative estimate of drug-likeness (QED) is 0.273. The first-order valence-corrected chi connectivity index (χ1v) is 6.84. The molecule has 4 heterocycles. The van der Waals surface area contributed by atoms with E-state index in [2.05, 4.69) is 41.0 Å². The number of nitrogens with two attached hydrogens (primary N) is 2. The van der Waals surface area contributed by atoms with Crippen molar-refractivity contribution in [3.8, 4) is 0 Å². The summed E-state index contributed by atoms with van der Waals surface area (Å²) in [6.45, 7) is 0. The molecule has 0 aliphatic heterocycles. The molecular formula is C12H16N12. The molecule has 24 heavy (non-hydrogen) atoms. The van der Waals surface area contributed by atoms with Crippen molar-refractivity contribution in [2.45, 2.75) is 0 Å². The number of aryl methyl sites for hydroxylation is 2. The van der Waals surface area contributed by atoms with Gasteiger partial charge in [0.15, 0.2) is 22.9 Å². The van der Waals surface area contributed by atoms with Crippen LogP contribution in [-0.4, -0.2) is 39.5 Å². The average Bonchev–Trinajstić information content (AvgIpc) is 3.19. The molecule has 12 heteroatoms. The van der Waals surface area contributed by atoms with Gasteiger partial charge in [-0.25, -0.2) is 31.6 Å². The van der Waals surface area contributed by atoms with Gasteiger partial charge in [-0.05, 0) is 0 Å². The fraction of sp³-hybridized carbons (Fsp3) is 0.167. The Morgan fingerprint density at radius 3 is 1.54 bits per heavy atom. The Labute approximate surface area is 135 Å². The average molecular weight is 328 g/mol. The van der Waals surface area contributed by atoms with Crippen LogP contribution in [0.4, 0.5) is 11.6 Å². The first-order chi connectivity index (χ1) is 11.7. The normalized spacial score (nSPS) is 10.5. The molecule has 0 amide bonds. The minimum Gasteiger partial charge on any atom is -0.308 e. The van der Waals surface area contributed by atoms with Gasteiger partial charge >= 0.3 is 0 Å². The highest BCUT2D eigenvalue weighted by molar-refractivity contribution is 5.86. The lowest BCUT2D eigenvalue weighted by Gasteiger charge is -1.98. The maximum atomic E-state index is 5.25. The highest BCUT2D eigenvalue weighted by atomic mass is 15.3. The largest absolute Gasteiger partial charge is 0.308 e. The number of rotatable bonds is 2. The molecule has 0 bridgehead atoms. The van der Waals surface area contributed by atoms with Gasteiger partial charge in [0.25, 0.3) is 0 Å². The molecule has 0 aliphatic carbocycles. The molecule has 0 atom stereocenters. The summed E-state index contributed by atoms with van der Waals surface area (Å²) in [5, 5.41) is 9.69. The van der Waals surface area contributed by atoms with Crippen LogP contribution in [0.1, 0.15) is 0 Å². The van der Waals surface area contributed by atoms with Crippen LogP contribution < -0.4 is 22.5 Å². The molecule has 4 aromatic rings. The second-order valence-corrected chi connectivity index (χ2v) is 4.74. The van der Waals surface area contributed by atoms with Gasteiger partial charge in [0, 0.05) is 14.1 Å². The van der Waals surface area contributed by atoms with Gasteiger partial charge < -0.3 is 10.9 Å². The standard InChI is InChI=1S/2C6H8N6/c2*1-12-6-4(2-10-12)5(11-7)8-3-9-6/h2*2-3H,7H2,1H3,(H,8,9,11). The summed E-state index contributed by atoms with van der Waals surface area (Å²) in [6.07, 6.45) is 6.23. The number of nitrogens with zero attached hydrogens (tertiary/aromatic N) is 8. The Bertz CT molecular complexity index is 891. The van der Waals surface area contributed by atoms with Gasteiger partial charge in [0.2, 0.25) is 0 Å². The molecule has 0 radical (unpaired) electrons. The van der Waals surface area contributed by atoms with Crippen molar-refractivity contribution in [1.29, 1.82) is 0 Å². The SMILES string of the molecule is Cn1ncc2c(NN)ncnc21.Cn1ncc2c(NN)ncnc21. The molecule has 0 unspecified atom stereocenters. The van der Waals surface area contributed by atoms with E-state index in [0.717, 1.165) is 22.1 Å². The van der Waals surface area contributed by atoms with Crippen molar-refractivity contribution in [3.05, 3.63) is 25.0 Å². The van der Waals surface area contributed by atoms with Crippen molar-refractivity contribution in [2.75, 3.05) is 10.9 Å². The zero-order valence-corrected chi connectivity index (χ0v) is 13.0. The van der Waals surface area contributed by atoms with E-state index in [-0.39, 0.29) is 0 Å². The van der Waals surface area contributed by atoms with Gasteiger partial charge in [-0.1, -0.05) is 0 Å². The smallest absolute Gasteiger partial charge is 0.163 e. The van der Waals surface area contributed by atoms with E-state index in [1.165, 1.54) is 12.7 Å². The van der Waals surface area contributed by atoms with E-state index < -0.39 is 0 Å². The fourth-order valence-electron chi connectivity index (χ4n) is 2.15. The van der Waals surface area contributed by atoms with Gasteiger partial charge in [-0.15, -0.1) is 0 Å². The topological polar surface area (TPSA) is 163 Å². The number of hydrogen-bond acceptors (Lipinski definition) is 10. The Balaban J connectivity index is 0.000000141. The van der Waals surface area contributed by atoms with Crippen molar-refractivity contribution >= 4 is 33.7 Å². The lowest BCUT2D eigenvalue weighted by Crippen LogP contribution is -2.09. The van der Waals surface area contributed by atoms with E-state index in [1.54, 1.807) is 21.8 Å². The zero-order chi connectivity index (χ0) is 17.1. The predicted octanol–water partition coefficient (Wildman–Crippen LogP) is -0.702. The van der Waals surface area contributed by atoms with Gasteiger partial charge in [-0.2, -0.15) is 10.2 Å². The molecule has 0 fully saturated rings. The summed E-state index contributed by atoms with van der Waals surface area (Å²) >= 11 is 0. The van der Waals surface area contributed by atoms with Crippen LogP contribution in [0.25, 0.3) is 22.1 Å². The van der Waals surface area contributed by atoms with Gasteiger partial charge in [-0.3, -0.25) is 9.36 Å². The van der Waals surface area contributed by atoms with Crippen molar-refractivity contribution in [1.82, 2.24) is 39.5 Å². The highest BCUT2D eigenvalue weighted by Crippen LogP contribution is 2.16. The third-order valence-electron chi connectivity index (χ3n) is 3.33. The van der Waals surface area contributed by atoms with Crippen LogP contribution in [-0.2, 0) is 14.1 Å². The van der Waals surface area contributed by atoms with E-state index in [4.69, 9.17) is 11.7 Å². The van der Waals surface area contributed by atoms with E-state index in [1.807, 2.05) is 14.1 Å². The minimum absolute atomic E-state index is 0.591.